The van der Waals surface area contributed by atoms with Gasteiger partial charge >= 0.3 is 0 Å². The molecule has 47 heavy (non-hydrogen) atoms. The summed E-state index contributed by atoms with van der Waals surface area (Å²) in [6.45, 7) is 2.93. The molecule has 2 fully saturated rings. The summed E-state index contributed by atoms with van der Waals surface area (Å²) in [4.78, 5) is 14.5. The number of thioether (sulfide) groups is 1. The van der Waals surface area contributed by atoms with Crippen molar-refractivity contribution in [1.82, 2.24) is 4.90 Å². The summed E-state index contributed by atoms with van der Waals surface area (Å²) in [5.74, 6) is -2.88. The lowest BCUT2D eigenvalue weighted by Crippen LogP contribution is -2.52. The predicted octanol–water partition coefficient (Wildman–Crippen LogP) is 4.04. The SMILES string of the molecule is CCc1ccc([C@@H]2O[C@H](SC)[C@@H](O)[C@H](O)[C@H]2O)cc1Cc1ccc(O[C@H]2CCN(C(=O)C[C@H](N)Cc3cc(F)c(F)cc3F)C2)cc1. The first kappa shape index (κ1) is 35.2. The number of carbonyl (C=O) groups is 1. The van der Waals surface area contributed by atoms with Crippen molar-refractivity contribution < 1.29 is 42.8 Å². The highest BCUT2D eigenvalue weighted by Crippen LogP contribution is 2.37. The van der Waals surface area contributed by atoms with Gasteiger partial charge in [-0.05, 0) is 71.5 Å². The van der Waals surface area contributed by atoms with Crippen molar-refractivity contribution in [2.24, 2.45) is 5.73 Å². The second-order valence-corrected chi connectivity index (χ2v) is 13.2. The Labute approximate surface area is 276 Å². The number of ether oxygens (including phenoxy) is 2. The Kier molecular flexibility index (Phi) is 11.5. The van der Waals surface area contributed by atoms with Crippen molar-refractivity contribution in [1.29, 1.82) is 0 Å². The Morgan fingerprint density at radius 3 is 2.40 bits per heavy atom. The van der Waals surface area contributed by atoms with Crippen LogP contribution < -0.4 is 10.5 Å². The Hall–Kier alpha value is -3.13. The second-order valence-electron chi connectivity index (χ2n) is 12.2. The topological polar surface area (TPSA) is 125 Å². The number of likely N-dealkylation sites (tertiary alicyclic amines) is 1. The van der Waals surface area contributed by atoms with Crippen LogP contribution in [0, 0.1) is 17.5 Å². The molecule has 8 nitrogen and oxygen atoms in total. The van der Waals surface area contributed by atoms with Crippen molar-refractivity contribution >= 4 is 17.7 Å². The number of hydrogen-bond acceptors (Lipinski definition) is 8. The van der Waals surface area contributed by atoms with Crippen LogP contribution in [0.5, 0.6) is 5.75 Å². The fourth-order valence-electron chi connectivity index (χ4n) is 6.23. The van der Waals surface area contributed by atoms with Gasteiger partial charge in [0.2, 0.25) is 5.91 Å². The highest BCUT2D eigenvalue weighted by Gasteiger charge is 2.44. The molecular formula is C35H41F3N2O6S. The fourth-order valence-corrected chi connectivity index (χ4v) is 6.90. The van der Waals surface area contributed by atoms with E-state index in [4.69, 9.17) is 15.2 Å². The monoisotopic (exact) mass is 674 g/mol. The number of aliphatic hydroxyl groups excluding tert-OH is 3. The second kappa shape index (κ2) is 15.4. The Morgan fingerprint density at radius 2 is 1.70 bits per heavy atom. The number of nitrogens with zero attached hydrogens (tertiary/aromatic N) is 1. The number of amides is 1. The molecule has 0 unspecified atom stereocenters. The van der Waals surface area contributed by atoms with E-state index in [1.54, 1.807) is 11.2 Å². The molecule has 5 rings (SSSR count). The molecule has 2 aliphatic rings. The zero-order valence-electron chi connectivity index (χ0n) is 26.3. The molecule has 1 amide bonds. The smallest absolute Gasteiger partial charge is 0.224 e. The van der Waals surface area contributed by atoms with E-state index in [9.17, 15) is 33.3 Å². The van der Waals surface area contributed by atoms with E-state index in [1.807, 2.05) is 42.5 Å². The van der Waals surface area contributed by atoms with Gasteiger partial charge in [-0.3, -0.25) is 4.79 Å². The number of rotatable bonds is 11. The summed E-state index contributed by atoms with van der Waals surface area (Å²) < 4.78 is 52.9. The van der Waals surface area contributed by atoms with E-state index in [0.717, 1.165) is 34.7 Å². The van der Waals surface area contributed by atoms with Crippen LogP contribution in [0.2, 0.25) is 0 Å². The van der Waals surface area contributed by atoms with Crippen molar-refractivity contribution in [3.05, 3.63) is 99.9 Å². The number of aliphatic hydroxyl groups is 3. The van der Waals surface area contributed by atoms with Gasteiger partial charge in [0.15, 0.2) is 11.6 Å². The molecule has 2 saturated heterocycles. The van der Waals surface area contributed by atoms with Crippen LogP contribution in [-0.4, -0.2) is 81.4 Å². The normalized spacial score (nSPS) is 25.2. The van der Waals surface area contributed by atoms with E-state index < -0.39 is 53.3 Å². The minimum Gasteiger partial charge on any atom is -0.489 e. The van der Waals surface area contributed by atoms with Crippen molar-refractivity contribution in [2.75, 3.05) is 19.3 Å². The van der Waals surface area contributed by atoms with Gasteiger partial charge in [-0.1, -0.05) is 37.3 Å². The lowest BCUT2D eigenvalue weighted by Gasteiger charge is -2.40. The number of benzene rings is 3. The quantitative estimate of drug-likeness (QED) is 0.225. The van der Waals surface area contributed by atoms with Crippen LogP contribution in [0.15, 0.2) is 54.6 Å². The minimum absolute atomic E-state index is 0.0622. The molecule has 0 aromatic heterocycles. The first-order valence-corrected chi connectivity index (χ1v) is 17.0. The van der Waals surface area contributed by atoms with E-state index in [0.29, 0.717) is 37.7 Å². The van der Waals surface area contributed by atoms with E-state index in [1.165, 1.54) is 11.8 Å². The van der Waals surface area contributed by atoms with E-state index in [2.05, 4.69) is 6.92 Å². The first-order chi connectivity index (χ1) is 22.5. The molecule has 5 N–H and O–H groups in total. The molecular weight excluding hydrogens is 633 g/mol. The van der Waals surface area contributed by atoms with Crippen molar-refractivity contribution in [3.63, 3.8) is 0 Å². The van der Waals surface area contributed by atoms with Gasteiger partial charge in [0.1, 0.15) is 47.5 Å². The standard InChI is InChI=1S/C35H41F3N2O6S/c1-3-20-6-7-21(34-32(43)31(42)33(44)35(46-34)47-2)13-22(20)12-19-4-8-25(9-5-19)45-26-10-11-40(18-26)30(41)16-24(39)14-23-15-28(37)29(38)17-27(23)36/h4-9,13,15,17,24,26,31-35,42-44H,3,10-12,14,16,18,39H2,1-2H3/t24-,26+,31-,32-,33+,34+,35-/m1/s1. The summed E-state index contributed by atoms with van der Waals surface area (Å²) in [6.07, 6.45) is -1.07. The van der Waals surface area contributed by atoms with E-state index >= 15 is 0 Å². The number of aryl methyl sites for hydroxylation is 1. The Bertz CT molecular complexity index is 1540. The minimum atomic E-state index is -1.32. The maximum atomic E-state index is 14.0. The van der Waals surface area contributed by atoms with Crippen LogP contribution >= 0.6 is 11.8 Å². The van der Waals surface area contributed by atoms with Crippen LogP contribution in [0.25, 0.3) is 0 Å². The van der Waals surface area contributed by atoms with Gasteiger partial charge in [0.25, 0.3) is 0 Å². The van der Waals surface area contributed by atoms with E-state index in [-0.39, 0.29) is 30.4 Å². The molecule has 3 aromatic carbocycles. The third-order valence-corrected chi connectivity index (χ3v) is 9.72. The maximum absolute atomic E-state index is 14.0. The summed E-state index contributed by atoms with van der Waals surface area (Å²) >= 11 is 1.28. The number of hydrogen-bond donors (Lipinski definition) is 4. The number of halogens is 3. The molecule has 0 bridgehead atoms. The molecule has 254 valence electrons. The zero-order valence-corrected chi connectivity index (χ0v) is 27.1. The van der Waals surface area contributed by atoms with Gasteiger partial charge in [-0.15, -0.1) is 11.8 Å². The van der Waals surface area contributed by atoms with Crippen LogP contribution in [0.4, 0.5) is 13.2 Å². The molecule has 12 heteroatoms. The van der Waals surface area contributed by atoms with Crippen molar-refractivity contribution in [3.8, 4) is 5.75 Å². The van der Waals surface area contributed by atoms with Crippen LogP contribution in [0.3, 0.4) is 0 Å². The van der Waals surface area contributed by atoms with Gasteiger partial charge < -0.3 is 35.4 Å². The lowest BCUT2D eigenvalue weighted by molar-refractivity contribution is -0.200. The van der Waals surface area contributed by atoms with Gasteiger partial charge in [0, 0.05) is 31.5 Å². The van der Waals surface area contributed by atoms with Gasteiger partial charge in [-0.2, -0.15) is 0 Å². The number of nitrogens with two attached hydrogens (primary N) is 1. The Balaban J connectivity index is 1.16. The third kappa shape index (κ3) is 8.30. The third-order valence-electron chi connectivity index (χ3n) is 8.87. The lowest BCUT2D eigenvalue weighted by atomic mass is 9.90. The molecule has 2 aliphatic heterocycles. The average molecular weight is 675 g/mol. The summed E-state index contributed by atoms with van der Waals surface area (Å²) in [7, 11) is 0. The van der Waals surface area contributed by atoms with Crippen molar-refractivity contribution in [2.45, 2.75) is 81.0 Å². The molecule has 0 spiro atoms. The molecule has 2 heterocycles. The Morgan fingerprint density at radius 1 is 0.979 bits per heavy atom. The largest absolute Gasteiger partial charge is 0.489 e. The zero-order chi connectivity index (χ0) is 33.8. The highest BCUT2D eigenvalue weighted by atomic mass is 32.2. The molecule has 0 radical (unpaired) electrons. The summed E-state index contributed by atoms with van der Waals surface area (Å²) in [5, 5.41) is 31.3. The summed E-state index contributed by atoms with van der Waals surface area (Å²) in [5.41, 5.74) is 9.30. The molecule has 0 saturated carbocycles. The van der Waals surface area contributed by atoms with Gasteiger partial charge in [0.05, 0.1) is 6.54 Å². The van der Waals surface area contributed by atoms with Gasteiger partial charge in [-0.25, -0.2) is 13.2 Å². The molecule has 0 aliphatic carbocycles. The van der Waals surface area contributed by atoms with Crippen LogP contribution in [0.1, 0.15) is 53.7 Å². The van der Waals surface area contributed by atoms with Crippen LogP contribution in [-0.2, 0) is 28.8 Å². The highest BCUT2D eigenvalue weighted by molar-refractivity contribution is 7.99. The predicted molar refractivity (Wildman–Crippen MR) is 172 cm³/mol. The maximum Gasteiger partial charge on any atom is 0.224 e. The molecule has 7 atom stereocenters. The average Bonchev–Trinajstić information content (AvgIpc) is 3.52. The molecule has 3 aromatic rings. The first-order valence-electron chi connectivity index (χ1n) is 15.7. The summed E-state index contributed by atoms with van der Waals surface area (Å²) in [6, 6.07) is 14.1. The fraction of sp³-hybridized carbons (Fsp3) is 0.457. The number of carbonyl (C=O) groups excluding carboxylic acids is 1.